The molecule has 1 N–H and O–H groups in total. The number of fused-ring (bicyclic) bond motifs is 6. The van der Waals surface area contributed by atoms with E-state index in [1.165, 1.54) is 30.3 Å². The number of alkyl halides is 5. The summed E-state index contributed by atoms with van der Waals surface area (Å²) >= 11 is 5.67. The lowest BCUT2D eigenvalue weighted by atomic mass is 9.76. The summed E-state index contributed by atoms with van der Waals surface area (Å²) in [5.41, 5.74) is -2.48. The van der Waals surface area contributed by atoms with Crippen LogP contribution in [0.4, 0.5) is 37.7 Å². The number of anilines is 2. The molecule has 3 aromatic rings. The highest BCUT2D eigenvalue weighted by molar-refractivity contribution is 6.17. The normalized spacial score (nSPS) is 18.4. The largest absolute Gasteiger partial charge is 0.456 e. The summed E-state index contributed by atoms with van der Waals surface area (Å²) in [6, 6.07) is 8.45. The Morgan fingerprint density at radius 1 is 0.755 bits per heavy atom. The molecule has 4 heterocycles. The lowest BCUT2D eigenvalue weighted by Crippen LogP contribution is -2.56. The highest BCUT2D eigenvalue weighted by atomic mass is 35.5. The predicted octanol–water partition coefficient (Wildman–Crippen LogP) is 7.01. The van der Waals surface area contributed by atoms with Gasteiger partial charge in [0.05, 0.1) is 74.1 Å². The molecule has 7 rings (SSSR count). The van der Waals surface area contributed by atoms with Crippen molar-refractivity contribution in [3.8, 4) is 11.5 Å². The van der Waals surface area contributed by atoms with E-state index in [2.05, 4.69) is 5.32 Å². The summed E-state index contributed by atoms with van der Waals surface area (Å²) in [5.74, 6) is -8.86. The molecule has 1 amide bonds. The molecule has 16 heteroatoms. The van der Waals surface area contributed by atoms with Crippen LogP contribution < -0.4 is 19.9 Å². The van der Waals surface area contributed by atoms with Gasteiger partial charge in [0.25, 0.3) is 17.8 Å². The maximum atomic E-state index is 15.8. The van der Waals surface area contributed by atoms with Gasteiger partial charge in [0.15, 0.2) is 5.60 Å². The van der Waals surface area contributed by atoms with Crippen molar-refractivity contribution >= 4 is 34.9 Å². The minimum Gasteiger partial charge on any atom is -0.456 e. The second-order valence-corrected chi connectivity index (χ2v) is 13.9. The number of rotatable bonds is 15. The first-order valence-corrected chi connectivity index (χ1v) is 17.8. The lowest BCUT2D eigenvalue weighted by molar-refractivity contribution is -0.0272. The summed E-state index contributed by atoms with van der Waals surface area (Å²) in [6.07, 6.45) is 4.01. The van der Waals surface area contributed by atoms with E-state index in [9.17, 15) is 27.2 Å². The number of benzene rings is 3. The Bertz CT molecular complexity index is 1820. The number of carbonyl (C=O) groups is 2. The van der Waals surface area contributed by atoms with Crippen LogP contribution in [0.25, 0.3) is 0 Å². The molecule has 53 heavy (non-hydrogen) atoms. The fourth-order valence-corrected chi connectivity index (χ4v) is 7.22. The van der Waals surface area contributed by atoms with Crippen molar-refractivity contribution in [2.75, 3.05) is 74.8 Å². The number of hydrogen-bond acceptors (Lipinski definition) is 8. The SMILES string of the molecule is O=C(NCCOCCOCCCCCCCl)c1ccc2c(c1)C1(OC2=O)c2cc(F)c(N3CC(F)(F)C3)cc2Oc2cc(N3CC(F)(F)C3)c(F)cc21. The number of nitrogens with one attached hydrogen (secondary N) is 1. The molecule has 284 valence electrons. The molecular weight excluding hydrogens is 732 g/mol. The summed E-state index contributed by atoms with van der Waals surface area (Å²) in [5, 5.41) is 2.74. The molecule has 0 atom stereocenters. The number of halogens is 7. The highest BCUT2D eigenvalue weighted by Crippen LogP contribution is 2.58. The molecule has 4 aliphatic heterocycles. The number of unbranched alkanes of at least 4 members (excludes halogenated alkanes) is 3. The second-order valence-electron chi connectivity index (χ2n) is 13.5. The van der Waals surface area contributed by atoms with Gasteiger partial charge >= 0.3 is 5.97 Å². The molecule has 4 aliphatic rings. The van der Waals surface area contributed by atoms with Crippen LogP contribution in [0.2, 0.25) is 0 Å². The van der Waals surface area contributed by atoms with E-state index < -0.39 is 67.1 Å². The lowest BCUT2D eigenvalue weighted by Gasteiger charge is -2.43. The molecule has 0 aromatic heterocycles. The van der Waals surface area contributed by atoms with Gasteiger partial charge in [0, 0.05) is 42.3 Å². The number of ether oxygens (including phenoxy) is 4. The van der Waals surface area contributed by atoms with Gasteiger partial charge in [-0.3, -0.25) is 4.79 Å². The van der Waals surface area contributed by atoms with Crippen molar-refractivity contribution in [1.29, 1.82) is 0 Å². The molecule has 9 nitrogen and oxygen atoms in total. The predicted molar refractivity (Wildman–Crippen MR) is 182 cm³/mol. The zero-order chi connectivity index (χ0) is 37.5. The van der Waals surface area contributed by atoms with Gasteiger partial charge in [-0.25, -0.2) is 31.1 Å². The molecule has 2 fully saturated rings. The molecule has 0 radical (unpaired) electrons. The third-order valence-corrected chi connectivity index (χ3v) is 9.92. The number of nitrogens with zero attached hydrogens (tertiary/aromatic N) is 2. The Hall–Kier alpha value is -4.21. The molecule has 0 bridgehead atoms. The van der Waals surface area contributed by atoms with Crippen molar-refractivity contribution in [1.82, 2.24) is 5.32 Å². The van der Waals surface area contributed by atoms with Crippen molar-refractivity contribution in [2.24, 2.45) is 0 Å². The van der Waals surface area contributed by atoms with Crippen molar-refractivity contribution in [3.63, 3.8) is 0 Å². The van der Waals surface area contributed by atoms with Crippen LogP contribution in [0.15, 0.2) is 42.5 Å². The fraction of sp³-hybridized carbons (Fsp3) is 0.459. The zero-order valence-electron chi connectivity index (χ0n) is 28.4. The minimum absolute atomic E-state index is 0.00136. The Balaban J connectivity index is 1.14. The summed E-state index contributed by atoms with van der Waals surface area (Å²) in [6.45, 7) is -1.29. The second kappa shape index (κ2) is 14.6. The smallest absolute Gasteiger partial charge is 0.340 e. The molecule has 2 saturated heterocycles. The van der Waals surface area contributed by atoms with Crippen LogP contribution >= 0.6 is 11.6 Å². The minimum atomic E-state index is -3.02. The molecule has 1 spiro atoms. The number of carbonyl (C=O) groups excluding carboxylic acids is 2. The van der Waals surface area contributed by atoms with Crippen LogP contribution in [-0.4, -0.2) is 88.8 Å². The number of esters is 1. The van der Waals surface area contributed by atoms with Gasteiger partial charge in [0.1, 0.15) is 23.1 Å². The van der Waals surface area contributed by atoms with Gasteiger partial charge in [0.2, 0.25) is 0 Å². The maximum absolute atomic E-state index is 15.8. The third-order valence-electron chi connectivity index (χ3n) is 9.65. The van der Waals surface area contributed by atoms with Crippen molar-refractivity contribution in [2.45, 2.75) is 43.1 Å². The Morgan fingerprint density at radius 2 is 1.32 bits per heavy atom. The summed E-state index contributed by atoms with van der Waals surface area (Å²) in [4.78, 5) is 29.0. The average molecular weight is 768 g/mol. The van der Waals surface area contributed by atoms with Gasteiger partial charge < -0.3 is 34.1 Å². The summed E-state index contributed by atoms with van der Waals surface area (Å²) in [7, 11) is 0. The standard InChI is InChI=1S/C37H36ClF6N3O6/c38-7-3-1-2-4-9-50-11-12-51-10-8-45-33(48)22-5-6-23-24(13-22)37(53-34(23)49)25-14-27(39)29(46-18-35(41,42)19-46)16-31(25)52-32-17-30(28(40)15-26(32)37)47-20-36(43,44)21-47/h5-6,13-17H,1-4,7-12,18-21H2,(H,45,48). The van der Waals surface area contributed by atoms with Crippen LogP contribution in [0.5, 0.6) is 11.5 Å². The topological polar surface area (TPSA) is 89.6 Å². The Labute approximate surface area is 306 Å². The first kappa shape index (κ1) is 37.1. The van der Waals surface area contributed by atoms with Crippen LogP contribution in [-0.2, 0) is 19.8 Å². The van der Waals surface area contributed by atoms with Gasteiger partial charge in [-0.2, -0.15) is 0 Å². The Morgan fingerprint density at radius 3 is 1.89 bits per heavy atom. The molecule has 0 saturated carbocycles. The van der Waals surface area contributed by atoms with Crippen molar-refractivity contribution in [3.05, 3.63) is 81.9 Å². The number of hydrogen-bond donors (Lipinski definition) is 1. The summed E-state index contributed by atoms with van der Waals surface area (Å²) < 4.78 is 110. The van der Waals surface area contributed by atoms with E-state index in [0.29, 0.717) is 25.7 Å². The van der Waals surface area contributed by atoms with Gasteiger partial charge in [-0.05, 0) is 43.2 Å². The van der Waals surface area contributed by atoms with Crippen LogP contribution in [0.3, 0.4) is 0 Å². The Kier molecular flexibility index (Phi) is 10.2. The van der Waals surface area contributed by atoms with Gasteiger partial charge in [-0.15, -0.1) is 11.6 Å². The molecule has 3 aromatic carbocycles. The maximum Gasteiger partial charge on any atom is 0.340 e. The quantitative estimate of drug-likeness (QED) is 0.0766. The highest BCUT2D eigenvalue weighted by Gasteiger charge is 2.56. The zero-order valence-corrected chi connectivity index (χ0v) is 29.2. The van der Waals surface area contributed by atoms with Crippen LogP contribution in [0.1, 0.15) is 63.1 Å². The van der Waals surface area contributed by atoms with Gasteiger partial charge in [-0.1, -0.05) is 12.8 Å². The van der Waals surface area contributed by atoms with E-state index in [4.69, 9.17) is 30.5 Å². The first-order chi connectivity index (χ1) is 25.3. The van der Waals surface area contributed by atoms with Crippen LogP contribution in [0, 0.1) is 11.6 Å². The van der Waals surface area contributed by atoms with E-state index in [1.54, 1.807) is 0 Å². The van der Waals surface area contributed by atoms with Crippen molar-refractivity contribution < 1.29 is 54.9 Å². The molecule has 0 unspecified atom stereocenters. The fourth-order valence-electron chi connectivity index (χ4n) is 7.03. The third kappa shape index (κ3) is 7.22. The first-order valence-electron chi connectivity index (χ1n) is 17.3. The van der Waals surface area contributed by atoms with E-state index in [1.807, 2.05) is 0 Å². The van der Waals surface area contributed by atoms with E-state index >= 15 is 8.78 Å². The monoisotopic (exact) mass is 767 g/mol. The molecule has 0 aliphatic carbocycles. The average Bonchev–Trinajstić information content (AvgIpc) is 3.38. The van der Waals surface area contributed by atoms with E-state index in [0.717, 1.165) is 47.6 Å². The number of amides is 1. The van der Waals surface area contributed by atoms with E-state index in [-0.39, 0.29) is 63.8 Å². The molecular formula is C37H36ClF6N3O6.